The Morgan fingerprint density at radius 3 is 3.14 bits per heavy atom. The van der Waals surface area contributed by atoms with Crippen LogP contribution in [0.15, 0.2) is 29.9 Å². The number of hydrogen-bond donors (Lipinski definition) is 0. The Bertz CT molecular complexity index is 466. The highest BCUT2D eigenvalue weighted by Crippen LogP contribution is 2.12. The molecule has 2 aromatic heterocycles. The third kappa shape index (κ3) is 1.61. The number of rotatable bonds is 3. The van der Waals surface area contributed by atoms with Crippen LogP contribution in [0, 0.1) is 0 Å². The molecule has 2 aromatic rings. The number of carbonyl (C=O) groups is 1. The zero-order valence-electron chi connectivity index (χ0n) is 7.86. The Hall–Kier alpha value is -1.42. The third-order valence-corrected chi connectivity index (χ3v) is 2.73. The number of Topliss-reactive ketones (excluding diaryl/α,β-unsaturated/α-hetero) is 1. The molecular formula is C10H10N2OS. The summed E-state index contributed by atoms with van der Waals surface area (Å²) in [5, 5.41) is 1.96. The van der Waals surface area contributed by atoms with Crippen LogP contribution >= 0.6 is 11.3 Å². The Morgan fingerprint density at radius 2 is 2.50 bits per heavy atom. The van der Waals surface area contributed by atoms with Crippen LogP contribution in [-0.4, -0.2) is 15.2 Å². The number of allylic oxidation sites excluding steroid dienone is 1. The lowest BCUT2D eigenvalue weighted by Gasteiger charge is -1.94. The smallest absolute Gasteiger partial charge is 0.193 e. The second kappa shape index (κ2) is 3.38. The van der Waals surface area contributed by atoms with Crippen molar-refractivity contribution in [2.75, 3.05) is 0 Å². The summed E-state index contributed by atoms with van der Waals surface area (Å²) in [6.45, 7) is 5.33. The van der Waals surface area contributed by atoms with Crippen molar-refractivity contribution in [2.24, 2.45) is 0 Å². The summed E-state index contributed by atoms with van der Waals surface area (Å²) in [6, 6.07) is 0. The van der Waals surface area contributed by atoms with Crippen LogP contribution in [0.1, 0.15) is 12.6 Å². The highest BCUT2D eigenvalue weighted by molar-refractivity contribution is 7.15. The quantitative estimate of drug-likeness (QED) is 0.720. The van der Waals surface area contributed by atoms with Gasteiger partial charge in [-0.1, -0.05) is 6.58 Å². The molecule has 0 aromatic carbocycles. The van der Waals surface area contributed by atoms with Gasteiger partial charge in [0.2, 0.25) is 0 Å². The van der Waals surface area contributed by atoms with Gasteiger partial charge in [-0.15, -0.1) is 11.3 Å². The first kappa shape index (κ1) is 9.15. The Balaban J connectivity index is 2.23. The van der Waals surface area contributed by atoms with E-state index in [2.05, 4.69) is 11.6 Å². The van der Waals surface area contributed by atoms with E-state index < -0.39 is 0 Å². The summed E-state index contributed by atoms with van der Waals surface area (Å²) in [4.78, 5) is 16.6. The van der Waals surface area contributed by atoms with Gasteiger partial charge in [0, 0.05) is 17.8 Å². The fraction of sp³-hybridized carbons (Fsp3) is 0.200. The summed E-state index contributed by atoms with van der Waals surface area (Å²) in [5.41, 5.74) is 1.39. The fourth-order valence-electron chi connectivity index (χ4n) is 1.18. The molecule has 0 aliphatic carbocycles. The van der Waals surface area contributed by atoms with Crippen molar-refractivity contribution >= 4 is 22.1 Å². The number of imidazole rings is 1. The first-order chi connectivity index (χ1) is 6.66. The number of carbonyl (C=O) groups excluding carboxylic acids is 1. The van der Waals surface area contributed by atoms with Crippen LogP contribution in [0.2, 0.25) is 0 Å². The van der Waals surface area contributed by atoms with E-state index in [0.717, 1.165) is 10.7 Å². The standard InChI is InChI=1S/C10H10N2OS/c1-7(2)9(13)5-8-6-12-3-4-14-10(12)11-8/h3-4,6H,1,5H2,2H3. The van der Waals surface area contributed by atoms with Gasteiger partial charge in [-0.25, -0.2) is 4.98 Å². The maximum Gasteiger partial charge on any atom is 0.193 e. The first-order valence-corrected chi connectivity index (χ1v) is 5.14. The largest absolute Gasteiger partial charge is 0.297 e. The Kier molecular flexibility index (Phi) is 2.21. The van der Waals surface area contributed by atoms with Crippen molar-refractivity contribution in [3.05, 3.63) is 35.6 Å². The van der Waals surface area contributed by atoms with Crippen LogP contribution in [-0.2, 0) is 11.2 Å². The van der Waals surface area contributed by atoms with E-state index in [1.807, 2.05) is 22.2 Å². The molecule has 0 saturated carbocycles. The molecule has 0 atom stereocenters. The van der Waals surface area contributed by atoms with Gasteiger partial charge in [0.15, 0.2) is 10.7 Å². The maximum absolute atomic E-state index is 11.4. The average molecular weight is 206 g/mol. The molecule has 2 heterocycles. The number of aromatic nitrogens is 2. The number of hydrogen-bond acceptors (Lipinski definition) is 3. The summed E-state index contributed by atoms with van der Waals surface area (Å²) < 4.78 is 1.92. The molecule has 0 aliphatic heterocycles. The zero-order valence-corrected chi connectivity index (χ0v) is 8.67. The van der Waals surface area contributed by atoms with Gasteiger partial charge < -0.3 is 0 Å². The van der Waals surface area contributed by atoms with Gasteiger partial charge in [-0.2, -0.15) is 0 Å². The SMILES string of the molecule is C=C(C)C(=O)Cc1cn2ccsc2n1. The van der Waals surface area contributed by atoms with Crippen molar-refractivity contribution in [1.82, 2.24) is 9.38 Å². The molecule has 14 heavy (non-hydrogen) atoms. The summed E-state index contributed by atoms with van der Waals surface area (Å²) in [7, 11) is 0. The molecule has 0 N–H and O–H groups in total. The molecule has 0 radical (unpaired) electrons. The van der Waals surface area contributed by atoms with Gasteiger partial charge in [0.25, 0.3) is 0 Å². The molecule has 0 amide bonds. The van der Waals surface area contributed by atoms with E-state index in [1.54, 1.807) is 18.3 Å². The van der Waals surface area contributed by atoms with Gasteiger partial charge in [-0.3, -0.25) is 9.20 Å². The third-order valence-electron chi connectivity index (χ3n) is 1.96. The first-order valence-electron chi connectivity index (χ1n) is 4.26. The van der Waals surface area contributed by atoms with Crippen LogP contribution in [0.4, 0.5) is 0 Å². The lowest BCUT2D eigenvalue weighted by atomic mass is 10.1. The highest BCUT2D eigenvalue weighted by atomic mass is 32.1. The van der Waals surface area contributed by atoms with Crippen molar-refractivity contribution < 1.29 is 4.79 Å². The molecule has 2 rings (SSSR count). The lowest BCUT2D eigenvalue weighted by Crippen LogP contribution is -2.03. The lowest BCUT2D eigenvalue weighted by molar-refractivity contribution is -0.114. The Labute approximate surface area is 85.7 Å². The van der Waals surface area contributed by atoms with Crippen LogP contribution in [0.25, 0.3) is 4.96 Å². The van der Waals surface area contributed by atoms with E-state index in [9.17, 15) is 4.79 Å². The molecule has 0 spiro atoms. The molecule has 0 fully saturated rings. The number of ketones is 1. The zero-order chi connectivity index (χ0) is 10.1. The van der Waals surface area contributed by atoms with Crippen molar-refractivity contribution in [1.29, 1.82) is 0 Å². The molecule has 0 saturated heterocycles. The number of nitrogens with zero attached hydrogens (tertiary/aromatic N) is 2. The van der Waals surface area contributed by atoms with E-state index >= 15 is 0 Å². The van der Waals surface area contributed by atoms with E-state index in [0.29, 0.717) is 12.0 Å². The molecule has 4 heteroatoms. The van der Waals surface area contributed by atoms with E-state index in [1.165, 1.54) is 0 Å². The number of thiazole rings is 1. The fourth-order valence-corrected chi connectivity index (χ4v) is 1.90. The predicted molar refractivity (Wildman–Crippen MR) is 56.6 cm³/mol. The van der Waals surface area contributed by atoms with Crippen LogP contribution in [0.3, 0.4) is 0 Å². The summed E-state index contributed by atoms with van der Waals surface area (Å²) in [6.07, 6.45) is 4.16. The van der Waals surface area contributed by atoms with Gasteiger partial charge in [-0.05, 0) is 12.5 Å². The maximum atomic E-state index is 11.4. The van der Waals surface area contributed by atoms with Gasteiger partial charge in [0.05, 0.1) is 12.1 Å². The van der Waals surface area contributed by atoms with Crippen molar-refractivity contribution in [2.45, 2.75) is 13.3 Å². The molecule has 72 valence electrons. The Morgan fingerprint density at radius 1 is 1.71 bits per heavy atom. The highest BCUT2D eigenvalue weighted by Gasteiger charge is 2.08. The van der Waals surface area contributed by atoms with Crippen LogP contribution < -0.4 is 0 Å². The monoisotopic (exact) mass is 206 g/mol. The normalized spacial score (nSPS) is 10.6. The molecule has 0 bridgehead atoms. The minimum atomic E-state index is 0.0516. The van der Waals surface area contributed by atoms with Crippen molar-refractivity contribution in [3.63, 3.8) is 0 Å². The molecule has 0 aliphatic rings. The minimum Gasteiger partial charge on any atom is -0.297 e. The molecule has 0 unspecified atom stereocenters. The summed E-state index contributed by atoms with van der Waals surface area (Å²) in [5.74, 6) is 0.0516. The van der Waals surface area contributed by atoms with Gasteiger partial charge in [0.1, 0.15) is 0 Å². The molecular weight excluding hydrogens is 196 g/mol. The average Bonchev–Trinajstić information content (AvgIpc) is 2.63. The van der Waals surface area contributed by atoms with E-state index in [-0.39, 0.29) is 5.78 Å². The predicted octanol–water partition coefficient (Wildman–Crippen LogP) is 2.08. The summed E-state index contributed by atoms with van der Waals surface area (Å²) >= 11 is 1.56. The minimum absolute atomic E-state index is 0.0516. The van der Waals surface area contributed by atoms with E-state index in [4.69, 9.17) is 0 Å². The van der Waals surface area contributed by atoms with Crippen molar-refractivity contribution in [3.8, 4) is 0 Å². The molecule has 3 nitrogen and oxygen atoms in total. The second-order valence-electron chi connectivity index (χ2n) is 3.21. The number of fused-ring (bicyclic) bond motifs is 1. The van der Waals surface area contributed by atoms with Crippen LogP contribution in [0.5, 0.6) is 0 Å². The second-order valence-corrected chi connectivity index (χ2v) is 4.08. The topological polar surface area (TPSA) is 34.4 Å². The van der Waals surface area contributed by atoms with Gasteiger partial charge >= 0.3 is 0 Å².